The maximum Gasteiger partial charge on any atom is 0.293 e. The summed E-state index contributed by atoms with van der Waals surface area (Å²) in [6.45, 7) is 0.182. The molecule has 1 fully saturated rings. The highest BCUT2D eigenvalue weighted by molar-refractivity contribution is 9.10. The molecule has 0 aromatic heterocycles. The molecule has 1 aliphatic rings. The van der Waals surface area contributed by atoms with E-state index in [0.717, 1.165) is 26.7 Å². The van der Waals surface area contributed by atoms with E-state index in [1.807, 2.05) is 24.3 Å². The molecule has 2 N–H and O–H groups in total. The first kappa shape index (κ1) is 16.6. The number of phenols is 2. The second-order valence-corrected chi connectivity index (χ2v) is 7.02. The number of hydrogen-bond donors (Lipinski definition) is 2. The van der Waals surface area contributed by atoms with E-state index in [0.29, 0.717) is 0 Å². The Balaban J connectivity index is 1.84. The lowest BCUT2D eigenvalue weighted by atomic mass is 10.1. The van der Waals surface area contributed by atoms with Crippen LogP contribution in [0.25, 0.3) is 6.08 Å². The summed E-state index contributed by atoms with van der Waals surface area (Å²) in [5.41, 5.74) is 1.12. The highest BCUT2D eigenvalue weighted by Gasteiger charge is 2.35. The van der Waals surface area contributed by atoms with Gasteiger partial charge in [0.25, 0.3) is 11.1 Å². The molecular formula is C17H12BrNO4S. The van der Waals surface area contributed by atoms with Gasteiger partial charge in [-0.25, -0.2) is 0 Å². The van der Waals surface area contributed by atoms with Gasteiger partial charge in [0.2, 0.25) is 0 Å². The van der Waals surface area contributed by atoms with Crippen LogP contribution in [0.1, 0.15) is 11.1 Å². The van der Waals surface area contributed by atoms with Crippen molar-refractivity contribution in [2.45, 2.75) is 6.54 Å². The van der Waals surface area contributed by atoms with Gasteiger partial charge in [-0.15, -0.1) is 0 Å². The largest absolute Gasteiger partial charge is 0.504 e. The molecule has 1 heterocycles. The van der Waals surface area contributed by atoms with Gasteiger partial charge >= 0.3 is 0 Å². The van der Waals surface area contributed by atoms with Gasteiger partial charge in [-0.05, 0) is 41.6 Å². The third-order valence-electron chi connectivity index (χ3n) is 3.46. The monoisotopic (exact) mass is 405 g/mol. The van der Waals surface area contributed by atoms with E-state index >= 15 is 0 Å². The molecule has 1 aliphatic heterocycles. The molecule has 0 radical (unpaired) electrons. The van der Waals surface area contributed by atoms with Crippen LogP contribution in [0.15, 0.2) is 51.8 Å². The molecule has 0 spiro atoms. The van der Waals surface area contributed by atoms with Crippen molar-refractivity contribution < 1.29 is 19.8 Å². The Morgan fingerprint density at radius 1 is 1.08 bits per heavy atom. The number of aromatic hydroxyl groups is 2. The van der Waals surface area contributed by atoms with Crippen LogP contribution in [-0.4, -0.2) is 26.3 Å². The minimum Gasteiger partial charge on any atom is -0.504 e. The number of carbonyl (C=O) groups excluding carboxylic acids is 2. The van der Waals surface area contributed by atoms with Gasteiger partial charge in [0, 0.05) is 10.0 Å². The van der Waals surface area contributed by atoms with Crippen LogP contribution < -0.4 is 0 Å². The number of nitrogens with zero attached hydrogens (tertiary/aromatic N) is 1. The third kappa shape index (κ3) is 3.32. The van der Waals surface area contributed by atoms with Crippen molar-refractivity contribution in [2.24, 2.45) is 0 Å². The van der Waals surface area contributed by atoms with Crippen LogP contribution in [0, 0.1) is 0 Å². The Labute approximate surface area is 150 Å². The zero-order valence-corrected chi connectivity index (χ0v) is 14.7. The molecule has 0 saturated carbocycles. The minimum atomic E-state index is -0.421. The summed E-state index contributed by atoms with van der Waals surface area (Å²) in [7, 11) is 0. The number of para-hydroxylation sites is 1. The second kappa shape index (κ2) is 6.70. The van der Waals surface area contributed by atoms with Crippen molar-refractivity contribution in [1.29, 1.82) is 0 Å². The zero-order valence-electron chi connectivity index (χ0n) is 12.3. The van der Waals surface area contributed by atoms with Crippen molar-refractivity contribution in [3.8, 4) is 11.5 Å². The summed E-state index contributed by atoms with van der Waals surface area (Å²) in [6.07, 6.45) is 1.40. The lowest BCUT2D eigenvalue weighted by Crippen LogP contribution is -2.27. The molecule has 2 aromatic carbocycles. The van der Waals surface area contributed by atoms with E-state index in [1.54, 1.807) is 12.1 Å². The fraction of sp³-hybridized carbons (Fsp3) is 0.0588. The molecule has 0 unspecified atom stereocenters. The van der Waals surface area contributed by atoms with E-state index in [1.165, 1.54) is 12.1 Å². The first-order valence-corrected chi connectivity index (χ1v) is 8.57. The SMILES string of the molecule is O=C1S/C(=C\c2cccc(O)c2O)C(=O)N1Cc1ccc(Br)cc1. The van der Waals surface area contributed by atoms with E-state index in [2.05, 4.69) is 15.9 Å². The highest BCUT2D eigenvalue weighted by Crippen LogP contribution is 2.36. The molecular weight excluding hydrogens is 394 g/mol. The zero-order chi connectivity index (χ0) is 17.3. The Bertz CT molecular complexity index is 848. The standard InChI is InChI=1S/C17H12BrNO4S/c18-12-6-4-10(5-7-12)9-19-16(22)14(24-17(19)23)8-11-2-1-3-13(20)15(11)21/h1-8,20-21H,9H2/b14-8-. The number of amides is 2. The molecule has 2 aromatic rings. The Kier molecular flexibility index (Phi) is 4.64. The Morgan fingerprint density at radius 2 is 1.79 bits per heavy atom. The summed E-state index contributed by atoms with van der Waals surface area (Å²) < 4.78 is 0.916. The van der Waals surface area contributed by atoms with E-state index < -0.39 is 5.91 Å². The lowest BCUT2D eigenvalue weighted by molar-refractivity contribution is -0.123. The number of halogens is 1. The molecule has 7 heteroatoms. The summed E-state index contributed by atoms with van der Waals surface area (Å²) >= 11 is 4.15. The number of carbonyl (C=O) groups is 2. The number of rotatable bonds is 3. The lowest BCUT2D eigenvalue weighted by Gasteiger charge is -2.12. The van der Waals surface area contributed by atoms with Crippen molar-refractivity contribution in [3.63, 3.8) is 0 Å². The van der Waals surface area contributed by atoms with Gasteiger partial charge in [-0.2, -0.15) is 0 Å². The van der Waals surface area contributed by atoms with Crippen molar-refractivity contribution >= 4 is 44.9 Å². The normalized spacial score (nSPS) is 16.2. The molecule has 3 rings (SSSR count). The average molecular weight is 406 g/mol. The van der Waals surface area contributed by atoms with Crippen LogP contribution in [0.3, 0.4) is 0 Å². The van der Waals surface area contributed by atoms with Gasteiger partial charge in [-0.3, -0.25) is 14.5 Å². The number of thioether (sulfide) groups is 1. The van der Waals surface area contributed by atoms with Gasteiger partial charge in [-0.1, -0.05) is 40.2 Å². The molecule has 0 aliphatic carbocycles. The van der Waals surface area contributed by atoms with Crippen molar-refractivity contribution in [3.05, 3.63) is 63.0 Å². The van der Waals surface area contributed by atoms with Crippen molar-refractivity contribution in [2.75, 3.05) is 0 Å². The van der Waals surface area contributed by atoms with Crippen LogP contribution in [0.5, 0.6) is 11.5 Å². The third-order valence-corrected chi connectivity index (χ3v) is 4.90. The van der Waals surface area contributed by atoms with Gasteiger partial charge in [0.15, 0.2) is 11.5 Å². The van der Waals surface area contributed by atoms with E-state index in [4.69, 9.17) is 0 Å². The van der Waals surface area contributed by atoms with Crippen LogP contribution in [0.2, 0.25) is 0 Å². The number of benzene rings is 2. The van der Waals surface area contributed by atoms with Gasteiger partial charge in [0.1, 0.15) is 0 Å². The number of hydrogen-bond acceptors (Lipinski definition) is 5. The Morgan fingerprint density at radius 3 is 2.50 bits per heavy atom. The fourth-order valence-corrected chi connectivity index (χ4v) is 3.31. The Hall–Kier alpha value is -2.25. The quantitative estimate of drug-likeness (QED) is 0.593. The minimum absolute atomic E-state index is 0.182. The maximum absolute atomic E-state index is 12.5. The summed E-state index contributed by atoms with van der Waals surface area (Å²) in [4.78, 5) is 25.9. The molecule has 1 saturated heterocycles. The topological polar surface area (TPSA) is 77.8 Å². The first-order chi connectivity index (χ1) is 11.5. The maximum atomic E-state index is 12.5. The molecule has 122 valence electrons. The molecule has 24 heavy (non-hydrogen) atoms. The van der Waals surface area contributed by atoms with Crippen LogP contribution >= 0.6 is 27.7 Å². The van der Waals surface area contributed by atoms with Gasteiger partial charge < -0.3 is 10.2 Å². The van der Waals surface area contributed by atoms with Crippen molar-refractivity contribution in [1.82, 2.24) is 4.90 Å². The fourth-order valence-electron chi connectivity index (χ4n) is 2.22. The highest BCUT2D eigenvalue weighted by atomic mass is 79.9. The number of imide groups is 1. The van der Waals surface area contributed by atoms with Crippen LogP contribution in [-0.2, 0) is 11.3 Å². The summed E-state index contributed by atoms with van der Waals surface area (Å²) in [6, 6.07) is 11.8. The van der Waals surface area contributed by atoms with E-state index in [-0.39, 0.29) is 33.8 Å². The molecule has 2 amide bonds. The summed E-state index contributed by atoms with van der Waals surface area (Å²) in [5, 5.41) is 19.0. The average Bonchev–Trinajstić information content (AvgIpc) is 2.81. The van der Waals surface area contributed by atoms with E-state index in [9.17, 15) is 19.8 Å². The van der Waals surface area contributed by atoms with Crippen LogP contribution in [0.4, 0.5) is 4.79 Å². The first-order valence-electron chi connectivity index (χ1n) is 6.96. The molecule has 0 atom stereocenters. The molecule has 0 bridgehead atoms. The number of phenolic OH excluding ortho intramolecular Hbond substituents is 2. The molecule has 5 nitrogen and oxygen atoms in total. The second-order valence-electron chi connectivity index (χ2n) is 5.11. The van der Waals surface area contributed by atoms with Gasteiger partial charge in [0.05, 0.1) is 11.4 Å². The summed E-state index contributed by atoms with van der Waals surface area (Å²) in [5.74, 6) is -1.02. The predicted octanol–water partition coefficient (Wildman–Crippen LogP) is 4.10. The smallest absolute Gasteiger partial charge is 0.293 e. The predicted molar refractivity (Wildman–Crippen MR) is 95.4 cm³/mol.